The number of benzene rings is 1. The summed E-state index contributed by atoms with van der Waals surface area (Å²) in [5, 5.41) is 2.30. The SMILES string of the molecule is COc1ccc2cnc(C3CCCN(C(=O)c4cc(C)c(C)s4)C3)cc2c1C. The maximum Gasteiger partial charge on any atom is 0.263 e. The van der Waals surface area contributed by atoms with Gasteiger partial charge in [0.25, 0.3) is 5.91 Å². The van der Waals surface area contributed by atoms with E-state index in [4.69, 9.17) is 9.72 Å². The van der Waals surface area contributed by atoms with E-state index in [1.54, 1.807) is 18.4 Å². The number of piperidine rings is 1. The van der Waals surface area contributed by atoms with Crippen LogP contribution in [-0.4, -0.2) is 36.0 Å². The van der Waals surface area contributed by atoms with Gasteiger partial charge in [0.15, 0.2) is 0 Å². The molecule has 3 aromatic rings. The van der Waals surface area contributed by atoms with Crippen molar-refractivity contribution in [2.45, 2.75) is 39.5 Å². The Bertz CT molecular complexity index is 1020. The van der Waals surface area contributed by atoms with E-state index in [0.717, 1.165) is 53.2 Å². The van der Waals surface area contributed by atoms with E-state index in [1.165, 1.54) is 15.8 Å². The van der Waals surface area contributed by atoms with Crippen LogP contribution < -0.4 is 4.74 Å². The zero-order valence-electron chi connectivity index (χ0n) is 16.9. The highest BCUT2D eigenvalue weighted by molar-refractivity contribution is 7.14. The molecular weight excluding hydrogens is 368 g/mol. The van der Waals surface area contributed by atoms with Crippen molar-refractivity contribution in [2.24, 2.45) is 0 Å². The second kappa shape index (κ2) is 7.55. The van der Waals surface area contributed by atoms with Crippen LogP contribution in [-0.2, 0) is 0 Å². The highest BCUT2D eigenvalue weighted by atomic mass is 32.1. The normalized spacial score (nSPS) is 17.1. The van der Waals surface area contributed by atoms with Crippen LogP contribution in [0.4, 0.5) is 0 Å². The van der Waals surface area contributed by atoms with Crippen LogP contribution in [0.15, 0.2) is 30.5 Å². The fourth-order valence-electron chi connectivity index (χ4n) is 4.04. The molecule has 0 spiro atoms. The predicted molar refractivity (Wildman–Crippen MR) is 115 cm³/mol. The molecule has 0 saturated carbocycles. The van der Waals surface area contributed by atoms with E-state index < -0.39 is 0 Å². The number of fused-ring (bicyclic) bond motifs is 1. The molecule has 1 aliphatic rings. The van der Waals surface area contributed by atoms with Crippen LogP contribution in [0.25, 0.3) is 10.8 Å². The van der Waals surface area contributed by atoms with Crippen molar-refractivity contribution >= 4 is 28.0 Å². The second-order valence-electron chi connectivity index (χ2n) is 7.66. The molecule has 1 aliphatic heterocycles. The molecule has 0 N–H and O–H groups in total. The molecule has 1 atom stereocenters. The Kier molecular flexibility index (Phi) is 5.11. The molecule has 1 unspecified atom stereocenters. The largest absolute Gasteiger partial charge is 0.496 e. The van der Waals surface area contributed by atoms with Gasteiger partial charge in [0, 0.05) is 41.2 Å². The minimum absolute atomic E-state index is 0.157. The highest BCUT2D eigenvalue weighted by Crippen LogP contribution is 2.32. The smallest absolute Gasteiger partial charge is 0.263 e. The van der Waals surface area contributed by atoms with Gasteiger partial charge in [-0.3, -0.25) is 9.78 Å². The molecule has 146 valence electrons. The Balaban J connectivity index is 1.60. The van der Waals surface area contributed by atoms with Crippen LogP contribution in [0.2, 0.25) is 0 Å². The fourth-order valence-corrected chi connectivity index (χ4v) is 5.05. The number of nitrogens with zero attached hydrogens (tertiary/aromatic N) is 2. The maximum atomic E-state index is 13.0. The van der Waals surface area contributed by atoms with Gasteiger partial charge in [-0.05, 0) is 74.4 Å². The number of ether oxygens (including phenoxy) is 1. The van der Waals surface area contributed by atoms with Gasteiger partial charge in [-0.25, -0.2) is 0 Å². The van der Waals surface area contributed by atoms with Gasteiger partial charge in [-0.2, -0.15) is 0 Å². The Morgan fingerprint density at radius 3 is 2.79 bits per heavy atom. The number of carbonyl (C=O) groups is 1. The number of aromatic nitrogens is 1. The lowest BCUT2D eigenvalue weighted by Crippen LogP contribution is -2.39. The number of pyridine rings is 1. The van der Waals surface area contributed by atoms with Crippen molar-refractivity contribution in [3.8, 4) is 5.75 Å². The third kappa shape index (κ3) is 3.39. The summed E-state index contributed by atoms with van der Waals surface area (Å²) < 4.78 is 5.48. The van der Waals surface area contributed by atoms with E-state index >= 15 is 0 Å². The lowest BCUT2D eigenvalue weighted by molar-refractivity contribution is 0.0711. The van der Waals surface area contributed by atoms with Crippen molar-refractivity contribution in [3.05, 3.63) is 57.0 Å². The third-order valence-corrected chi connectivity index (χ3v) is 7.01. The Morgan fingerprint density at radius 2 is 2.07 bits per heavy atom. The first-order valence-corrected chi connectivity index (χ1v) is 10.6. The molecular formula is C23H26N2O2S. The molecule has 0 radical (unpaired) electrons. The summed E-state index contributed by atoms with van der Waals surface area (Å²) in [5.41, 5.74) is 3.40. The molecule has 0 aliphatic carbocycles. The quantitative estimate of drug-likeness (QED) is 0.609. The van der Waals surface area contributed by atoms with Gasteiger partial charge in [0.2, 0.25) is 0 Å². The van der Waals surface area contributed by atoms with E-state index in [-0.39, 0.29) is 11.8 Å². The monoisotopic (exact) mass is 394 g/mol. The number of amides is 1. The average Bonchev–Trinajstić information content (AvgIpc) is 3.06. The summed E-state index contributed by atoms with van der Waals surface area (Å²) in [4.78, 5) is 21.8. The fraction of sp³-hybridized carbons (Fsp3) is 0.391. The van der Waals surface area contributed by atoms with Gasteiger partial charge in [0.05, 0.1) is 12.0 Å². The van der Waals surface area contributed by atoms with Gasteiger partial charge in [-0.15, -0.1) is 11.3 Å². The summed E-state index contributed by atoms with van der Waals surface area (Å²) in [6.07, 6.45) is 4.02. The molecule has 1 amide bonds. The van der Waals surface area contributed by atoms with Crippen molar-refractivity contribution in [3.63, 3.8) is 0 Å². The summed E-state index contributed by atoms with van der Waals surface area (Å²) in [6.45, 7) is 7.79. The lowest BCUT2D eigenvalue weighted by Gasteiger charge is -2.32. The highest BCUT2D eigenvalue weighted by Gasteiger charge is 2.27. The molecule has 28 heavy (non-hydrogen) atoms. The van der Waals surface area contributed by atoms with E-state index in [0.29, 0.717) is 0 Å². The van der Waals surface area contributed by atoms with Crippen LogP contribution in [0, 0.1) is 20.8 Å². The van der Waals surface area contributed by atoms with Crippen LogP contribution in [0.5, 0.6) is 5.75 Å². The van der Waals surface area contributed by atoms with Crippen LogP contribution in [0.1, 0.15) is 50.1 Å². The lowest BCUT2D eigenvalue weighted by atomic mass is 9.92. The number of methoxy groups -OCH3 is 1. The number of aryl methyl sites for hydroxylation is 3. The number of thiophene rings is 1. The minimum atomic E-state index is 0.157. The molecule has 4 nitrogen and oxygen atoms in total. The summed E-state index contributed by atoms with van der Waals surface area (Å²) in [5.74, 6) is 1.33. The van der Waals surface area contributed by atoms with Gasteiger partial charge in [-0.1, -0.05) is 0 Å². The number of carbonyl (C=O) groups excluding carboxylic acids is 1. The number of hydrogen-bond acceptors (Lipinski definition) is 4. The first kappa shape index (κ1) is 18.9. The zero-order valence-corrected chi connectivity index (χ0v) is 17.7. The standard InChI is InChI=1S/C23H26N2O2S/c1-14-10-22(28-16(14)3)23(26)25-9-5-6-18(13-25)20-11-19-15(2)21(27-4)8-7-17(19)12-24-20/h7-8,10-12,18H,5-6,9,13H2,1-4H3. The van der Waals surface area contributed by atoms with Crippen molar-refractivity contribution in [2.75, 3.05) is 20.2 Å². The zero-order chi connectivity index (χ0) is 19.8. The minimum Gasteiger partial charge on any atom is -0.496 e. The van der Waals surface area contributed by atoms with Gasteiger partial charge >= 0.3 is 0 Å². The van der Waals surface area contributed by atoms with Crippen molar-refractivity contribution in [1.29, 1.82) is 0 Å². The molecule has 1 saturated heterocycles. The molecule has 1 aromatic carbocycles. The van der Waals surface area contributed by atoms with Gasteiger partial charge in [0.1, 0.15) is 5.75 Å². The third-order valence-electron chi connectivity index (χ3n) is 5.87. The number of hydrogen-bond donors (Lipinski definition) is 0. The predicted octanol–water partition coefficient (Wildman–Crippen LogP) is 5.25. The molecule has 2 aromatic heterocycles. The first-order chi connectivity index (χ1) is 13.5. The number of rotatable bonds is 3. The second-order valence-corrected chi connectivity index (χ2v) is 8.92. The van der Waals surface area contributed by atoms with Gasteiger partial charge < -0.3 is 9.64 Å². The Morgan fingerprint density at radius 1 is 1.25 bits per heavy atom. The Labute approximate surface area is 170 Å². The van der Waals surface area contributed by atoms with Crippen molar-refractivity contribution < 1.29 is 9.53 Å². The molecule has 3 heterocycles. The van der Waals surface area contributed by atoms with E-state index in [1.807, 2.05) is 23.2 Å². The molecule has 1 fully saturated rings. The summed E-state index contributed by atoms with van der Waals surface area (Å²) in [6, 6.07) is 8.25. The summed E-state index contributed by atoms with van der Waals surface area (Å²) in [7, 11) is 1.70. The van der Waals surface area contributed by atoms with E-state index in [9.17, 15) is 4.79 Å². The summed E-state index contributed by atoms with van der Waals surface area (Å²) >= 11 is 1.60. The average molecular weight is 395 g/mol. The number of likely N-dealkylation sites (tertiary alicyclic amines) is 1. The van der Waals surface area contributed by atoms with Crippen molar-refractivity contribution in [1.82, 2.24) is 9.88 Å². The van der Waals surface area contributed by atoms with Crippen LogP contribution >= 0.6 is 11.3 Å². The molecule has 0 bridgehead atoms. The van der Waals surface area contributed by atoms with Crippen LogP contribution in [0.3, 0.4) is 0 Å². The van der Waals surface area contributed by atoms with E-state index in [2.05, 4.69) is 32.9 Å². The first-order valence-electron chi connectivity index (χ1n) is 9.77. The Hall–Kier alpha value is -2.40. The molecule has 4 rings (SSSR count). The molecule has 5 heteroatoms. The maximum absolute atomic E-state index is 13.0. The topological polar surface area (TPSA) is 42.4 Å².